The van der Waals surface area contributed by atoms with Crippen LogP contribution in [0.4, 0.5) is 26.1 Å². The number of hydrogen-bond donors (Lipinski definition) is 5. The maximum absolute atomic E-state index is 15.8. The van der Waals surface area contributed by atoms with Gasteiger partial charge in [-0.25, -0.2) is 18.7 Å². The van der Waals surface area contributed by atoms with Crippen molar-refractivity contribution >= 4 is 46.9 Å². The van der Waals surface area contributed by atoms with Crippen molar-refractivity contribution in [2.24, 2.45) is 23.2 Å². The van der Waals surface area contributed by atoms with E-state index in [4.69, 9.17) is 9.72 Å². The predicted molar refractivity (Wildman–Crippen MR) is 309 cm³/mol. The number of amides is 5. The number of halogens is 2. The van der Waals surface area contributed by atoms with Gasteiger partial charge in [0.2, 0.25) is 29.5 Å². The number of anilines is 3. The fraction of sp³-hybridized carbons (Fsp3) is 0.661. The number of nitrogens with one attached hydrogen (secondary N) is 5. The Morgan fingerprint density at radius 2 is 1.54 bits per heavy atom. The minimum atomic E-state index is -0.829. The average molecular weight is 1130 g/mol. The van der Waals surface area contributed by atoms with Gasteiger partial charge in [0, 0.05) is 69.6 Å². The Morgan fingerprint density at radius 1 is 0.817 bits per heavy atom. The van der Waals surface area contributed by atoms with E-state index < -0.39 is 41.3 Å². The Bertz CT molecular complexity index is 2800. The van der Waals surface area contributed by atoms with Gasteiger partial charge in [0.25, 0.3) is 0 Å². The molecule has 6 heterocycles. The molecule has 5 saturated heterocycles. The molecular formula is C62H86F2N12O6. The molecule has 2 aromatic carbocycles. The largest absolute Gasteiger partial charge is 0.368 e. The van der Waals surface area contributed by atoms with Gasteiger partial charge in [-0.15, -0.1) is 0 Å². The number of likely N-dealkylation sites (N-methyl/N-ethyl adjacent to an activating group) is 1. The summed E-state index contributed by atoms with van der Waals surface area (Å²) < 4.78 is 37.8. The van der Waals surface area contributed by atoms with E-state index in [2.05, 4.69) is 72.2 Å². The van der Waals surface area contributed by atoms with E-state index >= 15 is 8.78 Å². The quantitative estimate of drug-likeness (QED) is 0.120. The first kappa shape index (κ1) is 57.8. The molecule has 3 aliphatic carbocycles. The number of carbonyl (C=O) groups is 5. The van der Waals surface area contributed by atoms with Crippen molar-refractivity contribution in [3.8, 4) is 0 Å². The first-order valence-corrected chi connectivity index (χ1v) is 30.6. The molecule has 444 valence electrons. The van der Waals surface area contributed by atoms with Crippen LogP contribution >= 0.6 is 0 Å². The molecule has 5 aliphatic heterocycles. The van der Waals surface area contributed by atoms with Crippen LogP contribution in [0, 0.1) is 34.8 Å². The highest BCUT2D eigenvalue weighted by Gasteiger charge is 2.47. The molecule has 11 rings (SSSR count). The van der Waals surface area contributed by atoms with Crippen LogP contribution in [0.5, 0.6) is 0 Å². The number of aromatic nitrogens is 2. The number of fused-ring (bicyclic) bond motifs is 2. The number of nitrogens with zero attached hydrogens (tertiary/aromatic N) is 7. The monoisotopic (exact) mass is 1130 g/mol. The third-order valence-corrected chi connectivity index (χ3v) is 19.9. The second-order valence-corrected chi connectivity index (χ2v) is 26.1. The van der Waals surface area contributed by atoms with E-state index in [0.29, 0.717) is 56.4 Å². The molecule has 1 unspecified atom stereocenters. The van der Waals surface area contributed by atoms with Gasteiger partial charge in [-0.1, -0.05) is 57.4 Å². The van der Waals surface area contributed by atoms with Gasteiger partial charge in [-0.2, -0.15) is 0 Å². The molecule has 20 heteroatoms. The third kappa shape index (κ3) is 13.0. The second kappa shape index (κ2) is 24.7. The Morgan fingerprint density at radius 3 is 2.27 bits per heavy atom. The lowest BCUT2D eigenvalue weighted by atomic mass is 9.82. The molecule has 0 bridgehead atoms. The Hall–Kier alpha value is -5.99. The van der Waals surface area contributed by atoms with Crippen LogP contribution in [0.2, 0.25) is 0 Å². The molecule has 7 fully saturated rings. The van der Waals surface area contributed by atoms with Gasteiger partial charge in [0.05, 0.1) is 36.0 Å². The number of aryl methyl sites for hydroxylation is 1. The zero-order valence-electron chi connectivity index (χ0n) is 48.5. The van der Waals surface area contributed by atoms with Crippen LogP contribution in [0.25, 0.3) is 0 Å². The SMILES string of the molecule is CN[C@@H](C)C(=O)N[C@H](C(=O)N1CC(NC(=O)CO[C@@H]2C[C@@H]3CN(c4cc(N5CCC6(CC5)CN(c5cc(F)c(CN7CCC(C)(C)CC7)cc5F)CC(=O)N6)ncn4)C[C@@H]3C2)C[C@H]1C(=O)N[C@H]1CCCc2ccccc21)C1CCCCC1. The predicted octanol–water partition coefficient (Wildman–Crippen LogP) is 5.54. The molecule has 5 N–H and O–H groups in total. The highest BCUT2D eigenvalue weighted by molar-refractivity contribution is 5.94. The van der Waals surface area contributed by atoms with Gasteiger partial charge < -0.3 is 50.9 Å². The third-order valence-electron chi connectivity index (χ3n) is 19.9. The number of ether oxygens (including phenoxy) is 1. The fourth-order valence-corrected chi connectivity index (χ4v) is 14.8. The number of rotatable bonds is 16. The molecular weight excluding hydrogens is 1050 g/mol. The van der Waals surface area contributed by atoms with Crippen LogP contribution in [0.3, 0.4) is 0 Å². The second-order valence-electron chi connectivity index (χ2n) is 26.1. The molecule has 8 atom stereocenters. The van der Waals surface area contributed by atoms with E-state index in [-0.39, 0.29) is 84.8 Å². The summed E-state index contributed by atoms with van der Waals surface area (Å²) in [4.78, 5) is 89.0. The van der Waals surface area contributed by atoms with Crippen molar-refractivity contribution < 1.29 is 37.5 Å². The zero-order valence-corrected chi connectivity index (χ0v) is 48.5. The summed E-state index contributed by atoms with van der Waals surface area (Å²) >= 11 is 0. The normalized spacial score (nSPS) is 27.1. The molecule has 82 heavy (non-hydrogen) atoms. The topological polar surface area (TPSA) is 197 Å². The first-order chi connectivity index (χ1) is 39.5. The molecule has 18 nitrogen and oxygen atoms in total. The molecule has 0 radical (unpaired) electrons. The lowest BCUT2D eigenvalue weighted by molar-refractivity contribution is -0.143. The van der Waals surface area contributed by atoms with Gasteiger partial charge in [0.1, 0.15) is 48.3 Å². The maximum atomic E-state index is 15.8. The number of hydrogen-bond acceptors (Lipinski definition) is 13. The Labute approximate surface area is 482 Å². The van der Waals surface area contributed by atoms with E-state index in [0.717, 1.165) is 120 Å². The summed E-state index contributed by atoms with van der Waals surface area (Å²) in [6.07, 6.45) is 14.0. The zero-order chi connectivity index (χ0) is 57.3. The standard InChI is InChI=1S/C62H86F2N12O6/c1-39(65-4)58(79)70-57(41-12-6-5-7-13-41)60(81)76-34-45(28-52(76)59(80)69-50-16-10-14-40-11-8-9-15-47(40)50)68-56(78)36-82-46-25-42-32-74(33-43(42)26-46)54-30-53(66-38-67-54)73-23-19-62(20-24-73)37-75(35-55(77)71-62)51-29-48(63)44(27-49(51)64)31-72-21-17-61(2,3)18-22-72/h8-9,11,15,27,29-30,38-39,41-43,45-46,50,52,57,65H,5-7,10,12-14,16-26,28,31-37H2,1-4H3,(H,68,78)(H,69,80)(H,70,79)(H,71,77)/t39-,42-,43+,45?,46-,50-,52-,57-/m0/s1. The lowest BCUT2D eigenvalue weighted by Crippen LogP contribution is -2.66. The summed E-state index contributed by atoms with van der Waals surface area (Å²) in [6.45, 7) is 11.5. The maximum Gasteiger partial charge on any atom is 0.246 e. The van der Waals surface area contributed by atoms with Gasteiger partial charge in [-0.3, -0.25) is 28.9 Å². The molecule has 1 aromatic heterocycles. The van der Waals surface area contributed by atoms with Crippen LogP contribution < -0.4 is 41.3 Å². The fourth-order valence-electron chi connectivity index (χ4n) is 14.8. The summed E-state index contributed by atoms with van der Waals surface area (Å²) in [5.74, 6) is 0.0590. The van der Waals surface area contributed by atoms with Crippen LogP contribution in [-0.4, -0.2) is 158 Å². The minimum absolute atomic E-state index is 0.0379. The summed E-state index contributed by atoms with van der Waals surface area (Å²) in [7, 11) is 1.71. The Kier molecular flexibility index (Phi) is 17.4. The van der Waals surface area contributed by atoms with Crippen molar-refractivity contribution in [1.82, 2.24) is 46.4 Å². The van der Waals surface area contributed by atoms with E-state index in [1.165, 1.54) is 17.7 Å². The summed E-state index contributed by atoms with van der Waals surface area (Å²) in [6, 6.07) is 10.0. The number of benzene rings is 2. The van der Waals surface area contributed by atoms with Crippen molar-refractivity contribution in [3.63, 3.8) is 0 Å². The van der Waals surface area contributed by atoms with Crippen molar-refractivity contribution in [1.29, 1.82) is 0 Å². The Balaban J connectivity index is 0.667. The highest BCUT2D eigenvalue weighted by Crippen LogP contribution is 2.42. The van der Waals surface area contributed by atoms with Gasteiger partial charge >= 0.3 is 0 Å². The number of piperazine rings is 1. The van der Waals surface area contributed by atoms with Crippen molar-refractivity contribution in [3.05, 3.63) is 77.1 Å². The highest BCUT2D eigenvalue weighted by atomic mass is 19.1. The molecule has 8 aliphatic rings. The number of likely N-dealkylation sites (tertiary alicyclic amines) is 2. The van der Waals surface area contributed by atoms with E-state index in [1.807, 2.05) is 18.2 Å². The molecule has 1 spiro atoms. The summed E-state index contributed by atoms with van der Waals surface area (Å²) in [5, 5.41) is 15.7. The minimum Gasteiger partial charge on any atom is -0.368 e. The van der Waals surface area contributed by atoms with Gasteiger partial charge in [-0.05, 0) is 144 Å². The summed E-state index contributed by atoms with van der Waals surface area (Å²) in [5.41, 5.74) is 2.45. The van der Waals surface area contributed by atoms with Crippen LogP contribution in [0.15, 0.2) is 48.8 Å². The van der Waals surface area contributed by atoms with Crippen molar-refractivity contribution in [2.75, 3.05) is 87.3 Å². The molecule has 2 saturated carbocycles. The van der Waals surface area contributed by atoms with Crippen molar-refractivity contribution in [2.45, 2.75) is 165 Å². The average Bonchev–Trinajstić information content (AvgIpc) is 4.25. The lowest BCUT2D eigenvalue weighted by Gasteiger charge is -2.48. The molecule has 5 amide bonds. The van der Waals surface area contributed by atoms with Crippen LogP contribution in [0.1, 0.15) is 133 Å². The number of carbonyl (C=O) groups excluding carboxylic acids is 5. The van der Waals surface area contributed by atoms with Crippen LogP contribution in [-0.2, 0) is 41.7 Å². The first-order valence-electron chi connectivity index (χ1n) is 30.6. The smallest absolute Gasteiger partial charge is 0.246 e. The van der Waals surface area contributed by atoms with E-state index in [1.54, 1.807) is 30.1 Å². The van der Waals surface area contributed by atoms with Gasteiger partial charge in [0.15, 0.2) is 0 Å². The number of piperidine rings is 2. The molecule has 3 aromatic rings. The van der Waals surface area contributed by atoms with E-state index in [9.17, 15) is 24.0 Å².